The van der Waals surface area contributed by atoms with Crippen LogP contribution >= 0.6 is 0 Å². The van der Waals surface area contributed by atoms with E-state index in [1.807, 2.05) is 17.5 Å². The summed E-state index contributed by atoms with van der Waals surface area (Å²) in [6.45, 7) is 7.19. The first-order valence-corrected chi connectivity index (χ1v) is 7.76. The van der Waals surface area contributed by atoms with Crippen molar-refractivity contribution in [3.05, 3.63) is 47.5 Å². The predicted molar refractivity (Wildman–Crippen MR) is 89.4 cm³/mol. The van der Waals surface area contributed by atoms with Crippen molar-refractivity contribution in [1.29, 1.82) is 0 Å². The molecule has 0 amide bonds. The molecule has 0 atom stereocenters. The first kappa shape index (κ1) is 14.6. The van der Waals surface area contributed by atoms with Crippen LogP contribution in [0.4, 0.5) is 5.82 Å². The molecule has 1 N–H and O–H groups in total. The van der Waals surface area contributed by atoms with Crippen LogP contribution in [0.1, 0.15) is 36.8 Å². The fraction of sp³-hybridized carbons (Fsp3) is 0.412. The Morgan fingerprint density at radius 3 is 2.77 bits per heavy atom. The van der Waals surface area contributed by atoms with E-state index in [0.717, 1.165) is 35.8 Å². The monoisotopic (exact) mass is 297 g/mol. The maximum atomic E-state index is 4.68. The van der Waals surface area contributed by atoms with Crippen LogP contribution < -0.4 is 5.32 Å². The number of rotatable bonds is 5. The Labute approximate surface area is 131 Å². The molecule has 3 heterocycles. The fourth-order valence-corrected chi connectivity index (χ4v) is 2.61. The van der Waals surface area contributed by atoms with E-state index in [-0.39, 0.29) is 0 Å². The van der Waals surface area contributed by atoms with Crippen LogP contribution in [-0.2, 0) is 13.5 Å². The minimum absolute atomic E-state index is 0.397. The number of anilines is 1. The molecule has 0 spiro atoms. The molecule has 5 nitrogen and oxygen atoms in total. The summed E-state index contributed by atoms with van der Waals surface area (Å²) in [5.41, 5.74) is 4.30. The highest BCUT2D eigenvalue weighted by molar-refractivity contribution is 5.51. The van der Waals surface area contributed by atoms with Gasteiger partial charge in [0.2, 0.25) is 0 Å². The summed E-state index contributed by atoms with van der Waals surface area (Å²) in [6.07, 6.45) is 3.05. The summed E-state index contributed by atoms with van der Waals surface area (Å²) in [4.78, 5) is 4.68. The fourth-order valence-electron chi connectivity index (χ4n) is 2.61. The van der Waals surface area contributed by atoms with Gasteiger partial charge in [-0.15, -0.1) is 0 Å². The molecule has 0 bridgehead atoms. The Kier molecular flexibility index (Phi) is 3.88. The van der Waals surface area contributed by atoms with E-state index in [0.29, 0.717) is 5.92 Å². The minimum Gasteiger partial charge on any atom is -0.370 e. The van der Waals surface area contributed by atoms with E-state index >= 15 is 0 Å². The molecule has 0 fully saturated rings. The standard InChI is InChI=1S/C17H23N5/c1-12(2)15-11-16(22-17(19-15)10-13(3)20-22)18-8-7-14-6-5-9-21(14)4/h5-6,9-12,18H,7-8H2,1-4H3. The number of aromatic nitrogens is 4. The minimum atomic E-state index is 0.397. The Hall–Kier alpha value is -2.30. The zero-order valence-corrected chi connectivity index (χ0v) is 13.7. The average Bonchev–Trinajstić information content (AvgIpc) is 3.03. The summed E-state index contributed by atoms with van der Waals surface area (Å²) < 4.78 is 4.05. The highest BCUT2D eigenvalue weighted by Gasteiger charge is 2.10. The number of aryl methyl sites for hydroxylation is 2. The van der Waals surface area contributed by atoms with Gasteiger partial charge in [-0.25, -0.2) is 4.98 Å². The van der Waals surface area contributed by atoms with Gasteiger partial charge in [-0.1, -0.05) is 13.8 Å². The summed E-state index contributed by atoms with van der Waals surface area (Å²) in [5, 5.41) is 8.04. The smallest absolute Gasteiger partial charge is 0.157 e. The van der Waals surface area contributed by atoms with Gasteiger partial charge in [0.15, 0.2) is 5.65 Å². The Bertz CT molecular complexity index is 782. The molecular formula is C17H23N5. The molecule has 0 aliphatic carbocycles. The topological polar surface area (TPSA) is 47.2 Å². The molecule has 0 radical (unpaired) electrons. The van der Waals surface area contributed by atoms with Gasteiger partial charge in [0.1, 0.15) is 5.82 Å². The summed E-state index contributed by atoms with van der Waals surface area (Å²) in [7, 11) is 2.08. The van der Waals surface area contributed by atoms with Crippen molar-refractivity contribution in [3.8, 4) is 0 Å². The molecule has 0 aromatic carbocycles. The van der Waals surface area contributed by atoms with E-state index < -0.39 is 0 Å². The predicted octanol–water partition coefficient (Wildman–Crippen LogP) is 3.15. The molecule has 5 heteroatoms. The molecule has 22 heavy (non-hydrogen) atoms. The van der Waals surface area contributed by atoms with Gasteiger partial charge < -0.3 is 9.88 Å². The Balaban J connectivity index is 1.83. The average molecular weight is 297 g/mol. The Morgan fingerprint density at radius 1 is 1.27 bits per heavy atom. The zero-order valence-electron chi connectivity index (χ0n) is 13.7. The van der Waals surface area contributed by atoms with Crippen molar-refractivity contribution in [3.63, 3.8) is 0 Å². The van der Waals surface area contributed by atoms with Gasteiger partial charge >= 0.3 is 0 Å². The van der Waals surface area contributed by atoms with Gasteiger partial charge in [-0.2, -0.15) is 9.61 Å². The summed E-state index contributed by atoms with van der Waals surface area (Å²) in [6, 6.07) is 8.36. The van der Waals surface area contributed by atoms with Crippen molar-refractivity contribution in [2.24, 2.45) is 7.05 Å². The van der Waals surface area contributed by atoms with Crippen molar-refractivity contribution >= 4 is 11.5 Å². The largest absolute Gasteiger partial charge is 0.370 e. The number of nitrogens with one attached hydrogen (secondary N) is 1. The summed E-state index contributed by atoms with van der Waals surface area (Å²) >= 11 is 0. The third-order valence-corrected chi connectivity index (χ3v) is 3.90. The van der Waals surface area contributed by atoms with Gasteiger partial charge in [0.05, 0.1) is 5.69 Å². The second-order valence-electron chi connectivity index (χ2n) is 6.06. The highest BCUT2D eigenvalue weighted by atomic mass is 15.3. The molecule has 0 saturated carbocycles. The summed E-state index contributed by atoms with van der Waals surface area (Å²) in [5.74, 6) is 1.41. The van der Waals surface area contributed by atoms with Crippen LogP contribution in [-0.4, -0.2) is 25.7 Å². The lowest BCUT2D eigenvalue weighted by atomic mass is 10.1. The van der Waals surface area contributed by atoms with E-state index in [1.54, 1.807) is 0 Å². The number of fused-ring (bicyclic) bond motifs is 1. The van der Waals surface area contributed by atoms with Crippen LogP contribution in [0.2, 0.25) is 0 Å². The van der Waals surface area contributed by atoms with E-state index in [1.165, 1.54) is 5.69 Å². The maximum Gasteiger partial charge on any atom is 0.157 e. The Morgan fingerprint density at radius 2 is 2.09 bits per heavy atom. The van der Waals surface area contributed by atoms with Crippen LogP contribution in [0.15, 0.2) is 30.5 Å². The zero-order chi connectivity index (χ0) is 15.7. The van der Waals surface area contributed by atoms with Gasteiger partial charge in [-0.3, -0.25) is 0 Å². The molecular weight excluding hydrogens is 274 g/mol. The van der Waals surface area contributed by atoms with E-state index in [2.05, 4.69) is 65.3 Å². The van der Waals surface area contributed by atoms with Crippen LogP contribution in [0, 0.1) is 6.92 Å². The van der Waals surface area contributed by atoms with Crippen molar-refractivity contribution in [1.82, 2.24) is 19.2 Å². The first-order valence-electron chi connectivity index (χ1n) is 7.76. The second-order valence-corrected chi connectivity index (χ2v) is 6.06. The van der Waals surface area contributed by atoms with Crippen LogP contribution in [0.5, 0.6) is 0 Å². The van der Waals surface area contributed by atoms with Gasteiger partial charge in [0.25, 0.3) is 0 Å². The molecule has 0 unspecified atom stereocenters. The molecule has 3 aromatic rings. The maximum absolute atomic E-state index is 4.68. The van der Waals surface area contributed by atoms with Gasteiger partial charge in [-0.05, 0) is 25.0 Å². The SMILES string of the molecule is Cc1cc2nc(C(C)C)cc(NCCc3cccn3C)n2n1. The number of nitrogens with zero attached hydrogens (tertiary/aromatic N) is 4. The highest BCUT2D eigenvalue weighted by Crippen LogP contribution is 2.19. The lowest BCUT2D eigenvalue weighted by Crippen LogP contribution is -2.12. The normalized spacial score (nSPS) is 11.5. The quantitative estimate of drug-likeness (QED) is 0.787. The van der Waals surface area contributed by atoms with E-state index in [9.17, 15) is 0 Å². The number of hydrogen-bond acceptors (Lipinski definition) is 3. The van der Waals surface area contributed by atoms with E-state index in [4.69, 9.17) is 0 Å². The van der Waals surface area contributed by atoms with Crippen molar-refractivity contribution in [2.75, 3.05) is 11.9 Å². The molecule has 0 saturated heterocycles. The molecule has 116 valence electrons. The van der Waals surface area contributed by atoms with Gasteiger partial charge in [0, 0.05) is 49.7 Å². The molecule has 3 aromatic heterocycles. The first-order chi connectivity index (χ1) is 10.5. The number of hydrogen-bond donors (Lipinski definition) is 1. The molecule has 0 aliphatic rings. The van der Waals surface area contributed by atoms with Crippen molar-refractivity contribution < 1.29 is 0 Å². The third kappa shape index (κ3) is 2.84. The molecule has 0 aliphatic heterocycles. The third-order valence-electron chi connectivity index (χ3n) is 3.90. The lowest BCUT2D eigenvalue weighted by molar-refractivity contribution is 0.796. The second kappa shape index (κ2) is 5.83. The van der Waals surface area contributed by atoms with Crippen molar-refractivity contribution in [2.45, 2.75) is 33.1 Å². The lowest BCUT2D eigenvalue weighted by Gasteiger charge is -2.12. The van der Waals surface area contributed by atoms with Crippen LogP contribution in [0.3, 0.4) is 0 Å². The van der Waals surface area contributed by atoms with Crippen LogP contribution in [0.25, 0.3) is 5.65 Å². The molecule has 3 rings (SSSR count).